The normalized spacial score (nSPS) is 16.0. The molecule has 2 heterocycles. The van der Waals surface area contributed by atoms with Gasteiger partial charge in [-0.25, -0.2) is 26.4 Å². The molecule has 0 aliphatic carbocycles. The topological polar surface area (TPSA) is 159 Å². The molecule has 2 unspecified atom stereocenters. The van der Waals surface area contributed by atoms with E-state index >= 15 is 0 Å². The molecular weight excluding hydrogens is 741 g/mol. The zero-order chi connectivity index (χ0) is 38.8. The number of sulfonamides is 2. The number of ether oxygens (including phenoxy) is 1. The van der Waals surface area contributed by atoms with E-state index in [-0.39, 0.29) is 9.79 Å². The molecule has 8 rings (SSSR count). The predicted molar refractivity (Wildman–Crippen MR) is 206 cm³/mol. The van der Waals surface area contributed by atoms with Crippen molar-refractivity contribution in [2.75, 3.05) is 8.61 Å². The highest BCUT2D eigenvalue weighted by atomic mass is 32.2. The van der Waals surface area contributed by atoms with Gasteiger partial charge >= 0.3 is 11.9 Å². The molecule has 13 heteroatoms. The smallest absolute Gasteiger partial charge is 0.349 e. The summed E-state index contributed by atoms with van der Waals surface area (Å²) in [5, 5.41) is 21.3. The minimum absolute atomic E-state index is 0.362. The molecule has 0 saturated heterocycles. The van der Waals surface area contributed by atoms with Crippen molar-refractivity contribution in [2.45, 2.75) is 35.7 Å². The lowest BCUT2D eigenvalue weighted by molar-refractivity contribution is 0.0394. The molecule has 0 saturated carbocycles. The number of anilines is 2. The molecule has 6 aromatic carbocycles. The zero-order valence-electron chi connectivity index (χ0n) is 29.3. The lowest BCUT2D eigenvalue weighted by Gasteiger charge is -2.37. The second-order valence-electron chi connectivity index (χ2n) is 13.2. The first kappa shape index (κ1) is 35.6. The van der Waals surface area contributed by atoms with Gasteiger partial charge in [-0.15, -0.1) is 0 Å². The Labute approximate surface area is 317 Å². The molecule has 0 fully saturated rings. The zero-order valence-corrected chi connectivity index (χ0v) is 31.0. The van der Waals surface area contributed by atoms with Crippen LogP contribution in [0.5, 0.6) is 11.5 Å². The number of phenols is 2. The number of esters is 2. The first-order valence-corrected chi connectivity index (χ1v) is 20.1. The van der Waals surface area contributed by atoms with Crippen LogP contribution in [0.2, 0.25) is 0 Å². The molecular formula is C42H32N2O9S2. The molecule has 0 aromatic heterocycles. The largest absolute Gasteiger partial charge is 0.507 e. The van der Waals surface area contributed by atoms with Crippen LogP contribution >= 0.6 is 0 Å². The van der Waals surface area contributed by atoms with E-state index in [1.165, 1.54) is 8.61 Å². The van der Waals surface area contributed by atoms with Gasteiger partial charge in [-0.1, -0.05) is 84.9 Å². The average Bonchev–Trinajstić information content (AvgIpc) is 3.18. The molecule has 2 aliphatic rings. The first-order chi connectivity index (χ1) is 26.3. The molecule has 2 atom stereocenters. The van der Waals surface area contributed by atoms with Gasteiger partial charge in [-0.05, 0) is 84.6 Å². The number of aromatic hydroxyl groups is 2. The Morgan fingerprint density at radius 1 is 0.509 bits per heavy atom. The van der Waals surface area contributed by atoms with Crippen molar-refractivity contribution in [2.24, 2.45) is 0 Å². The second-order valence-corrected chi connectivity index (χ2v) is 16.8. The van der Waals surface area contributed by atoms with Crippen molar-refractivity contribution in [3.8, 4) is 33.8 Å². The van der Waals surface area contributed by atoms with Gasteiger partial charge in [-0.2, -0.15) is 0 Å². The van der Waals surface area contributed by atoms with Gasteiger partial charge in [0.05, 0.1) is 33.2 Å². The maximum absolute atomic E-state index is 14.3. The Hall–Kier alpha value is -6.44. The number of carbonyl (C=O) groups excluding carboxylic acids is 2. The van der Waals surface area contributed by atoms with Crippen LogP contribution in [-0.2, 0) is 24.8 Å². The first-order valence-electron chi connectivity index (χ1n) is 17.2. The van der Waals surface area contributed by atoms with E-state index < -0.39 is 66.7 Å². The van der Waals surface area contributed by atoms with E-state index in [1.807, 2.05) is 60.7 Å². The standard InChI is InChI=1S/C42H32N2O9S2/c1-25-29-11-3-5-13-31(29)33-15-7-9-17-37(33)43(25)54(49,50)27-19-21-39(45)35(23-27)41(47)53-42(48)36-24-28(20-22-40(36)46)55(51,52)44-26(2)30-12-4-6-14-32(30)34-16-8-10-18-38(34)44/h3-26,45-46H,1-2H3. The van der Waals surface area contributed by atoms with Crippen molar-refractivity contribution in [3.05, 3.63) is 156 Å². The molecule has 0 spiro atoms. The number of fused-ring (bicyclic) bond motifs is 6. The Morgan fingerprint density at radius 2 is 0.855 bits per heavy atom. The molecule has 55 heavy (non-hydrogen) atoms. The van der Waals surface area contributed by atoms with Crippen molar-refractivity contribution >= 4 is 43.4 Å². The number of hydrogen-bond donors (Lipinski definition) is 2. The van der Waals surface area contributed by atoms with Gasteiger partial charge in [0.15, 0.2) is 0 Å². The van der Waals surface area contributed by atoms with Crippen molar-refractivity contribution in [1.82, 2.24) is 0 Å². The number of phenolic OH excluding ortho intramolecular Hbond substituents is 2. The van der Waals surface area contributed by atoms with Gasteiger partial charge in [0, 0.05) is 11.1 Å². The fraction of sp³-hybridized carbons (Fsp3) is 0.0952. The third kappa shape index (κ3) is 5.70. The van der Waals surface area contributed by atoms with Crippen molar-refractivity contribution in [1.29, 1.82) is 0 Å². The highest BCUT2D eigenvalue weighted by Gasteiger charge is 2.39. The summed E-state index contributed by atoms with van der Waals surface area (Å²) in [4.78, 5) is 26.2. The Kier molecular flexibility index (Phi) is 8.50. The number of carbonyl (C=O) groups is 2. The minimum Gasteiger partial charge on any atom is -0.507 e. The van der Waals surface area contributed by atoms with E-state index in [4.69, 9.17) is 4.74 Å². The van der Waals surface area contributed by atoms with E-state index in [9.17, 15) is 36.6 Å². The van der Waals surface area contributed by atoms with Crippen LogP contribution in [0.25, 0.3) is 22.3 Å². The van der Waals surface area contributed by atoms with Gasteiger partial charge < -0.3 is 14.9 Å². The van der Waals surface area contributed by atoms with Gasteiger partial charge in [0.2, 0.25) is 0 Å². The highest BCUT2D eigenvalue weighted by molar-refractivity contribution is 7.93. The molecule has 2 N–H and O–H groups in total. The molecule has 0 bridgehead atoms. The monoisotopic (exact) mass is 772 g/mol. The Morgan fingerprint density at radius 3 is 1.25 bits per heavy atom. The maximum atomic E-state index is 14.3. The molecule has 0 radical (unpaired) electrons. The van der Waals surface area contributed by atoms with Gasteiger partial charge in [0.25, 0.3) is 20.0 Å². The summed E-state index contributed by atoms with van der Waals surface area (Å²) in [6, 6.07) is 33.7. The van der Waals surface area contributed by atoms with Crippen molar-refractivity contribution in [3.63, 3.8) is 0 Å². The summed E-state index contributed by atoms with van der Waals surface area (Å²) in [5.74, 6) is -4.21. The molecule has 276 valence electrons. The van der Waals surface area contributed by atoms with Crippen LogP contribution in [0.3, 0.4) is 0 Å². The number of para-hydroxylation sites is 2. The molecule has 11 nitrogen and oxygen atoms in total. The van der Waals surface area contributed by atoms with E-state index in [1.54, 1.807) is 50.2 Å². The van der Waals surface area contributed by atoms with E-state index in [2.05, 4.69) is 0 Å². The Bertz CT molecular complexity index is 2610. The Balaban J connectivity index is 1.10. The highest BCUT2D eigenvalue weighted by Crippen LogP contribution is 2.48. The van der Waals surface area contributed by atoms with Crippen LogP contribution < -0.4 is 8.61 Å². The SMILES string of the molecule is CC1c2ccccc2-c2ccccc2N1S(=O)(=O)c1ccc(O)c(C(=O)OC(=O)c2cc(S(=O)(=O)N3c4ccccc4-c4ccccc4C3C)ccc2O)c1. The number of hydrogen-bond acceptors (Lipinski definition) is 9. The summed E-state index contributed by atoms with van der Waals surface area (Å²) >= 11 is 0. The van der Waals surface area contributed by atoms with Crippen LogP contribution in [0.4, 0.5) is 11.4 Å². The van der Waals surface area contributed by atoms with Crippen LogP contribution in [-0.4, -0.2) is 39.0 Å². The minimum atomic E-state index is -4.39. The van der Waals surface area contributed by atoms with Crippen LogP contribution in [0, 0.1) is 0 Å². The fourth-order valence-electron chi connectivity index (χ4n) is 7.44. The van der Waals surface area contributed by atoms with Gasteiger partial charge in [-0.3, -0.25) is 8.61 Å². The average molecular weight is 773 g/mol. The van der Waals surface area contributed by atoms with Gasteiger partial charge in [0.1, 0.15) is 22.6 Å². The summed E-state index contributed by atoms with van der Waals surface area (Å²) < 4.78 is 64.7. The summed E-state index contributed by atoms with van der Waals surface area (Å²) in [6.07, 6.45) is 0. The summed E-state index contributed by atoms with van der Waals surface area (Å²) in [7, 11) is -8.77. The maximum Gasteiger partial charge on any atom is 0.349 e. The lowest BCUT2D eigenvalue weighted by Crippen LogP contribution is -2.36. The summed E-state index contributed by atoms with van der Waals surface area (Å²) in [6.45, 7) is 3.48. The number of rotatable bonds is 6. The van der Waals surface area contributed by atoms with E-state index in [0.717, 1.165) is 58.7 Å². The number of benzene rings is 6. The van der Waals surface area contributed by atoms with Crippen LogP contribution in [0.15, 0.2) is 143 Å². The number of nitrogens with zero attached hydrogens (tertiary/aromatic N) is 2. The van der Waals surface area contributed by atoms with E-state index in [0.29, 0.717) is 22.5 Å². The second kappa shape index (κ2) is 13.1. The third-order valence-electron chi connectivity index (χ3n) is 10.1. The van der Waals surface area contributed by atoms with Crippen LogP contribution in [0.1, 0.15) is 57.8 Å². The quantitative estimate of drug-likeness (QED) is 0.127. The summed E-state index contributed by atoms with van der Waals surface area (Å²) in [5.41, 5.74) is 4.21. The third-order valence-corrected chi connectivity index (χ3v) is 13.8. The van der Waals surface area contributed by atoms with Crippen molar-refractivity contribution < 1.29 is 41.4 Å². The molecule has 6 aromatic rings. The lowest BCUT2D eigenvalue weighted by atomic mass is 9.90. The predicted octanol–water partition coefficient (Wildman–Crippen LogP) is 7.97. The molecule has 2 aliphatic heterocycles. The molecule has 0 amide bonds. The fourth-order valence-corrected chi connectivity index (χ4v) is 10.8.